The van der Waals surface area contributed by atoms with Crippen LogP contribution >= 0.6 is 0 Å². The van der Waals surface area contributed by atoms with E-state index in [9.17, 15) is 23.5 Å². The van der Waals surface area contributed by atoms with Gasteiger partial charge in [-0.15, -0.1) is 0 Å². The Bertz CT molecular complexity index is 315. The number of aliphatic carboxylic acids is 1. The molecule has 0 aromatic rings. The zero-order valence-electron chi connectivity index (χ0n) is 8.74. The molecule has 0 radical (unpaired) electrons. The lowest BCUT2D eigenvalue weighted by Gasteiger charge is -2.42. The van der Waals surface area contributed by atoms with Crippen LogP contribution in [0.1, 0.15) is 19.3 Å². The molecular formula is C9H13F2NO4. The summed E-state index contributed by atoms with van der Waals surface area (Å²) in [7, 11) is 0.965. The number of alkyl halides is 2. The van der Waals surface area contributed by atoms with Gasteiger partial charge in [0.15, 0.2) is 0 Å². The second-order valence-electron chi connectivity index (χ2n) is 4.01. The maximum Gasteiger partial charge on any atom is 0.352 e. The molecule has 2 N–H and O–H groups in total. The number of rotatable bonds is 4. The molecule has 1 aliphatic rings. The quantitative estimate of drug-likeness (QED) is 0.725. The van der Waals surface area contributed by atoms with Crippen molar-refractivity contribution in [3.8, 4) is 0 Å². The Labute approximate surface area is 90.7 Å². The van der Waals surface area contributed by atoms with Crippen molar-refractivity contribution in [3.63, 3.8) is 0 Å². The lowest BCUT2D eigenvalue weighted by molar-refractivity contribution is -0.222. The zero-order valence-corrected chi connectivity index (χ0v) is 8.74. The molecule has 1 aliphatic carbocycles. The van der Waals surface area contributed by atoms with E-state index >= 15 is 0 Å². The van der Waals surface area contributed by atoms with E-state index in [1.165, 1.54) is 0 Å². The van der Waals surface area contributed by atoms with E-state index in [-0.39, 0.29) is 12.8 Å². The van der Waals surface area contributed by atoms with Gasteiger partial charge >= 0.3 is 11.9 Å². The van der Waals surface area contributed by atoms with Crippen LogP contribution in [0.15, 0.2) is 0 Å². The van der Waals surface area contributed by atoms with Gasteiger partial charge in [-0.25, -0.2) is 0 Å². The fourth-order valence-corrected chi connectivity index (χ4v) is 1.54. The van der Waals surface area contributed by atoms with E-state index < -0.39 is 29.9 Å². The normalized spacial score (nSPS) is 18.8. The molecule has 0 bridgehead atoms. The summed E-state index contributed by atoms with van der Waals surface area (Å²) in [5, 5.41) is 17.8. The van der Waals surface area contributed by atoms with Crippen LogP contribution in [0.3, 0.4) is 0 Å². The van der Waals surface area contributed by atoms with Gasteiger partial charge in [-0.1, -0.05) is 0 Å². The van der Waals surface area contributed by atoms with Crippen molar-refractivity contribution in [2.45, 2.75) is 30.8 Å². The van der Waals surface area contributed by atoms with Crippen LogP contribution in [0.5, 0.6) is 0 Å². The monoisotopic (exact) mass is 237 g/mol. The Morgan fingerprint density at radius 3 is 2.25 bits per heavy atom. The van der Waals surface area contributed by atoms with Gasteiger partial charge in [0.05, 0.1) is 0 Å². The molecule has 0 aliphatic heterocycles. The lowest BCUT2D eigenvalue weighted by Crippen LogP contribution is -2.61. The molecule has 7 heteroatoms. The van der Waals surface area contributed by atoms with E-state index in [2.05, 4.69) is 0 Å². The number of carboxylic acid groups (broad SMARTS) is 1. The molecular weight excluding hydrogens is 224 g/mol. The Hall–Kier alpha value is -1.24. The number of halogens is 2. The van der Waals surface area contributed by atoms with E-state index in [0.717, 1.165) is 7.05 Å². The SMILES string of the molecule is CN(CC(=O)O)C(=O)C(F)(F)C1(O)CCC1. The largest absolute Gasteiger partial charge is 0.480 e. The first-order valence-corrected chi connectivity index (χ1v) is 4.78. The second kappa shape index (κ2) is 3.97. The Morgan fingerprint density at radius 1 is 1.44 bits per heavy atom. The maximum absolute atomic E-state index is 13.5. The number of aliphatic hydroxyl groups is 1. The molecule has 16 heavy (non-hydrogen) atoms. The number of carbonyl (C=O) groups is 2. The number of likely N-dealkylation sites (N-methyl/N-ethyl adjacent to an activating group) is 1. The average Bonchev–Trinajstić information content (AvgIpc) is 2.11. The molecule has 1 amide bonds. The van der Waals surface area contributed by atoms with E-state index in [1.807, 2.05) is 0 Å². The molecule has 0 heterocycles. The summed E-state index contributed by atoms with van der Waals surface area (Å²) in [5.41, 5.74) is -2.31. The fraction of sp³-hybridized carbons (Fsp3) is 0.778. The summed E-state index contributed by atoms with van der Waals surface area (Å²) < 4.78 is 27.0. The van der Waals surface area contributed by atoms with Crippen LogP contribution in [-0.2, 0) is 9.59 Å². The summed E-state index contributed by atoms with van der Waals surface area (Å²) >= 11 is 0. The third kappa shape index (κ3) is 1.99. The summed E-state index contributed by atoms with van der Waals surface area (Å²) in [4.78, 5) is 22.0. The summed E-state index contributed by atoms with van der Waals surface area (Å²) in [6.45, 7) is -0.815. The number of amides is 1. The number of carbonyl (C=O) groups excluding carboxylic acids is 1. The van der Waals surface area contributed by atoms with Gasteiger partial charge in [0.2, 0.25) is 0 Å². The third-order valence-electron chi connectivity index (χ3n) is 2.75. The number of hydrogen-bond acceptors (Lipinski definition) is 3. The van der Waals surface area contributed by atoms with Crippen molar-refractivity contribution in [2.24, 2.45) is 0 Å². The number of hydrogen-bond donors (Lipinski definition) is 2. The predicted molar refractivity (Wildman–Crippen MR) is 49.0 cm³/mol. The molecule has 0 saturated heterocycles. The van der Waals surface area contributed by atoms with E-state index in [0.29, 0.717) is 11.3 Å². The van der Waals surface area contributed by atoms with Crippen LogP contribution in [-0.4, -0.2) is 52.1 Å². The zero-order chi connectivity index (χ0) is 12.6. The third-order valence-corrected chi connectivity index (χ3v) is 2.75. The van der Waals surface area contributed by atoms with Crippen LogP contribution in [0.2, 0.25) is 0 Å². The first-order valence-electron chi connectivity index (χ1n) is 4.78. The minimum atomic E-state index is -3.92. The van der Waals surface area contributed by atoms with E-state index in [1.54, 1.807) is 0 Å². The predicted octanol–water partition coefficient (Wildman–Crippen LogP) is 0.0797. The molecule has 5 nitrogen and oxygen atoms in total. The molecule has 1 fully saturated rings. The van der Waals surface area contributed by atoms with Gasteiger partial charge in [-0.05, 0) is 19.3 Å². The van der Waals surface area contributed by atoms with Crippen LogP contribution in [0.4, 0.5) is 8.78 Å². The van der Waals surface area contributed by atoms with Gasteiger partial charge in [0.1, 0.15) is 12.1 Å². The van der Waals surface area contributed by atoms with Crippen molar-refractivity contribution in [1.82, 2.24) is 4.90 Å². The van der Waals surface area contributed by atoms with Gasteiger partial charge < -0.3 is 15.1 Å². The van der Waals surface area contributed by atoms with Gasteiger partial charge in [0, 0.05) is 7.05 Å². The van der Waals surface area contributed by atoms with Crippen molar-refractivity contribution in [2.75, 3.05) is 13.6 Å². The van der Waals surface area contributed by atoms with Gasteiger partial charge in [-0.2, -0.15) is 8.78 Å². The average molecular weight is 237 g/mol. The van der Waals surface area contributed by atoms with E-state index in [4.69, 9.17) is 5.11 Å². The smallest absolute Gasteiger partial charge is 0.352 e. The molecule has 1 saturated carbocycles. The van der Waals surface area contributed by atoms with Crippen molar-refractivity contribution in [3.05, 3.63) is 0 Å². The number of nitrogens with zero attached hydrogens (tertiary/aromatic N) is 1. The van der Waals surface area contributed by atoms with Crippen molar-refractivity contribution < 1.29 is 28.6 Å². The Balaban J connectivity index is 2.75. The standard InChI is InChI=1S/C9H13F2NO4/c1-12(5-6(13)14)7(15)9(10,11)8(16)3-2-4-8/h16H,2-5H2,1H3,(H,13,14). The second-order valence-corrected chi connectivity index (χ2v) is 4.01. The Kier molecular flexibility index (Phi) is 3.18. The summed E-state index contributed by atoms with van der Waals surface area (Å²) in [6.07, 6.45) is 0.140. The highest BCUT2D eigenvalue weighted by Gasteiger charge is 2.62. The lowest BCUT2D eigenvalue weighted by atomic mass is 9.75. The van der Waals surface area contributed by atoms with Crippen LogP contribution in [0.25, 0.3) is 0 Å². The molecule has 0 aromatic heterocycles. The van der Waals surface area contributed by atoms with Crippen molar-refractivity contribution in [1.29, 1.82) is 0 Å². The molecule has 0 atom stereocenters. The molecule has 0 unspecified atom stereocenters. The minimum absolute atomic E-state index is 0.146. The first kappa shape index (κ1) is 12.8. The molecule has 1 rings (SSSR count). The van der Waals surface area contributed by atoms with Crippen LogP contribution < -0.4 is 0 Å². The highest BCUT2D eigenvalue weighted by molar-refractivity contribution is 5.87. The number of carboxylic acids is 1. The highest BCUT2D eigenvalue weighted by atomic mass is 19.3. The Morgan fingerprint density at radius 2 is 1.94 bits per heavy atom. The molecule has 92 valence electrons. The van der Waals surface area contributed by atoms with Gasteiger partial charge in [0.25, 0.3) is 5.91 Å². The fourth-order valence-electron chi connectivity index (χ4n) is 1.54. The first-order chi connectivity index (χ1) is 7.21. The molecule has 0 spiro atoms. The van der Waals surface area contributed by atoms with Crippen LogP contribution in [0, 0.1) is 0 Å². The maximum atomic E-state index is 13.5. The van der Waals surface area contributed by atoms with Crippen molar-refractivity contribution >= 4 is 11.9 Å². The summed E-state index contributed by atoms with van der Waals surface area (Å²) in [6, 6.07) is 0. The summed E-state index contributed by atoms with van der Waals surface area (Å²) in [5.74, 6) is -6.96. The van der Waals surface area contributed by atoms with Gasteiger partial charge in [-0.3, -0.25) is 9.59 Å². The molecule has 0 aromatic carbocycles. The minimum Gasteiger partial charge on any atom is -0.480 e. The topological polar surface area (TPSA) is 77.8 Å². The highest BCUT2D eigenvalue weighted by Crippen LogP contribution is 2.44.